The lowest BCUT2D eigenvalue weighted by Gasteiger charge is -2.28. The Kier molecular flexibility index (Phi) is 2.52. The Bertz CT molecular complexity index is 80.6. The smallest absolute Gasteiger partial charge is 0.00181 e. The lowest BCUT2D eigenvalue weighted by atomic mass is 9.86. The van der Waals surface area contributed by atoms with E-state index in [1.54, 1.807) is 0 Å². The summed E-state index contributed by atoms with van der Waals surface area (Å²) < 4.78 is 0. The van der Waals surface area contributed by atoms with Crippen LogP contribution in [-0.2, 0) is 0 Å². The molecule has 1 fully saturated rings. The van der Waals surface area contributed by atoms with Crippen LogP contribution in [0.4, 0.5) is 0 Å². The highest BCUT2D eigenvalue weighted by atomic mass is 14.9. The van der Waals surface area contributed by atoms with E-state index in [0.717, 1.165) is 11.8 Å². The quantitative estimate of drug-likeness (QED) is 0.564. The zero-order valence-corrected chi connectivity index (χ0v) is 6.48. The van der Waals surface area contributed by atoms with E-state index in [1.165, 1.54) is 25.9 Å². The summed E-state index contributed by atoms with van der Waals surface area (Å²) in [5, 5.41) is 3.42. The molecule has 0 aliphatic carbocycles. The van der Waals surface area contributed by atoms with Crippen molar-refractivity contribution < 1.29 is 0 Å². The van der Waals surface area contributed by atoms with Crippen molar-refractivity contribution in [2.24, 2.45) is 11.8 Å². The summed E-state index contributed by atoms with van der Waals surface area (Å²) in [6, 6.07) is 0. The highest BCUT2D eigenvalue weighted by Gasteiger charge is 2.18. The Morgan fingerprint density at radius 3 is 2.78 bits per heavy atom. The van der Waals surface area contributed by atoms with Crippen LogP contribution in [0.2, 0.25) is 0 Å². The zero-order chi connectivity index (χ0) is 6.69. The maximum atomic E-state index is 3.42. The number of hydrogen-bond acceptors (Lipinski definition) is 1. The first-order valence-corrected chi connectivity index (χ1v) is 4.05. The van der Waals surface area contributed by atoms with Gasteiger partial charge in [0.05, 0.1) is 0 Å². The van der Waals surface area contributed by atoms with Crippen LogP contribution in [0.5, 0.6) is 0 Å². The average molecular weight is 127 g/mol. The molecule has 9 heavy (non-hydrogen) atoms. The highest BCUT2D eigenvalue weighted by Crippen LogP contribution is 2.20. The number of hydrogen-bond donors (Lipinski definition) is 1. The topological polar surface area (TPSA) is 12.0 Å². The molecule has 1 rings (SSSR count). The second kappa shape index (κ2) is 3.21. The average Bonchev–Trinajstić information content (AvgIpc) is 1.89. The third-order valence-electron chi connectivity index (χ3n) is 2.51. The molecule has 1 saturated heterocycles. The Balaban J connectivity index is 2.30. The van der Waals surface area contributed by atoms with Gasteiger partial charge in [0.15, 0.2) is 0 Å². The first kappa shape index (κ1) is 7.07. The molecule has 1 heteroatoms. The SMILES string of the molecule is CC[C@@H]1CNCC[C@H]1C. The van der Waals surface area contributed by atoms with E-state index in [0.29, 0.717) is 0 Å². The van der Waals surface area contributed by atoms with Gasteiger partial charge in [0.1, 0.15) is 0 Å². The molecule has 0 amide bonds. The van der Waals surface area contributed by atoms with E-state index >= 15 is 0 Å². The third-order valence-corrected chi connectivity index (χ3v) is 2.51. The largest absolute Gasteiger partial charge is 0.316 e. The third kappa shape index (κ3) is 1.68. The van der Waals surface area contributed by atoms with Crippen LogP contribution >= 0.6 is 0 Å². The van der Waals surface area contributed by atoms with Crippen LogP contribution in [0.1, 0.15) is 26.7 Å². The minimum Gasteiger partial charge on any atom is -0.316 e. The van der Waals surface area contributed by atoms with Crippen LogP contribution in [0.3, 0.4) is 0 Å². The van der Waals surface area contributed by atoms with Crippen LogP contribution in [0.25, 0.3) is 0 Å². The van der Waals surface area contributed by atoms with Crippen molar-refractivity contribution >= 4 is 0 Å². The van der Waals surface area contributed by atoms with Crippen molar-refractivity contribution in [3.63, 3.8) is 0 Å². The summed E-state index contributed by atoms with van der Waals surface area (Å²) >= 11 is 0. The second-order valence-corrected chi connectivity index (χ2v) is 3.14. The van der Waals surface area contributed by atoms with Gasteiger partial charge in [-0.15, -0.1) is 0 Å². The van der Waals surface area contributed by atoms with Gasteiger partial charge in [0.2, 0.25) is 0 Å². The minimum absolute atomic E-state index is 0.943. The predicted octanol–water partition coefficient (Wildman–Crippen LogP) is 1.64. The van der Waals surface area contributed by atoms with Crippen LogP contribution < -0.4 is 5.32 Å². The second-order valence-electron chi connectivity index (χ2n) is 3.14. The molecule has 0 unspecified atom stereocenters. The summed E-state index contributed by atoms with van der Waals surface area (Å²) in [7, 11) is 0. The van der Waals surface area contributed by atoms with E-state index in [1.807, 2.05) is 0 Å². The Hall–Kier alpha value is -0.0400. The van der Waals surface area contributed by atoms with Crippen molar-refractivity contribution in [1.82, 2.24) is 5.32 Å². The summed E-state index contributed by atoms with van der Waals surface area (Å²) in [5.41, 5.74) is 0. The van der Waals surface area contributed by atoms with E-state index in [-0.39, 0.29) is 0 Å². The van der Waals surface area contributed by atoms with E-state index in [4.69, 9.17) is 0 Å². The Morgan fingerprint density at radius 1 is 1.56 bits per heavy atom. The molecular formula is C8H17N. The van der Waals surface area contributed by atoms with Gasteiger partial charge in [-0.3, -0.25) is 0 Å². The zero-order valence-electron chi connectivity index (χ0n) is 6.48. The Morgan fingerprint density at radius 2 is 2.33 bits per heavy atom. The normalized spacial score (nSPS) is 36.7. The van der Waals surface area contributed by atoms with Gasteiger partial charge >= 0.3 is 0 Å². The van der Waals surface area contributed by atoms with Crippen LogP contribution in [-0.4, -0.2) is 13.1 Å². The van der Waals surface area contributed by atoms with E-state index in [9.17, 15) is 0 Å². The van der Waals surface area contributed by atoms with Gasteiger partial charge < -0.3 is 5.32 Å². The fourth-order valence-electron chi connectivity index (χ4n) is 1.60. The molecule has 1 N–H and O–H groups in total. The lowest BCUT2D eigenvalue weighted by molar-refractivity contribution is 0.267. The highest BCUT2D eigenvalue weighted by molar-refractivity contribution is 4.73. The van der Waals surface area contributed by atoms with Crippen LogP contribution in [0, 0.1) is 11.8 Å². The van der Waals surface area contributed by atoms with Gasteiger partial charge in [-0.25, -0.2) is 0 Å². The summed E-state index contributed by atoms with van der Waals surface area (Å²) in [6.45, 7) is 7.14. The molecule has 54 valence electrons. The standard InChI is InChI=1S/C8H17N/c1-3-8-6-9-5-4-7(8)2/h7-9H,3-6H2,1-2H3/t7-,8-/m1/s1. The molecule has 1 nitrogen and oxygen atoms in total. The first-order valence-electron chi connectivity index (χ1n) is 4.05. The van der Waals surface area contributed by atoms with Gasteiger partial charge in [-0.2, -0.15) is 0 Å². The lowest BCUT2D eigenvalue weighted by Crippen LogP contribution is -2.34. The molecule has 0 saturated carbocycles. The molecular weight excluding hydrogens is 110 g/mol. The van der Waals surface area contributed by atoms with Gasteiger partial charge in [-0.1, -0.05) is 20.3 Å². The fraction of sp³-hybridized carbons (Fsp3) is 1.00. The summed E-state index contributed by atoms with van der Waals surface area (Å²) in [4.78, 5) is 0. The van der Waals surface area contributed by atoms with E-state index in [2.05, 4.69) is 19.2 Å². The van der Waals surface area contributed by atoms with Gasteiger partial charge in [0, 0.05) is 0 Å². The Labute approximate surface area is 57.8 Å². The molecule has 0 aromatic carbocycles. The summed E-state index contributed by atoms with van der Waals surface area (Å²) in [6.07, 6.45) is 2.71. The maximum Gasteiger partial charge on any atom is -0.00181 e. The molecule has 2 atom stereocenters. The van der Waals surface area contributed by atoms with Crippen molar-refractivity contribution in [2.45, 2.75) is 26.7 Å². The maximum absolute atomic E-state index is 3.42. The molecule has 0 aromatic rings. The molecule has 0 bridgehead atoms. The summed E-state index contributed by atoms with van der Waals surface area (Å²) in [5.74, 6) is 1.90. The molecule has 1 heterocycles. The van der Waals surface area contributed by atoms with Crippen LogP contribution in [0.15, 0.2) is 0 Å². The predicted molar refractivity (Wildman–Crippen MR) is 40.4 cm³/mol. The van der Waals surface area contributed by atoms with Gasteiger partial charge in [-0.05, 0) is 31.3 Å². The molecule has 1 aliphatic rings. The van der Waals surface area contributed by atoms with Crippen molar-refractivity contribution in [3.8, 4) is 0 Å². The number of rotatable bonds is 1. The van der Waals surface area contributed by atoms with Gasteiger partial charge in [0.25, 0.3) is 0 Å². The van der Waals surface area contributed by atoms with Crippen molar-refractivity contribution in [2.75, 3.05) is 13.1 Å². The van der Waals surface area contributed by atoms with Crippen molar-refractivity contribution in [1.29, 1.82) is 0 Å². The first-order chi connectivity index (χ1) is 4.34. The van der Waals surface area contributed by atoms with E-state index < -0.39 is 0 Å². The fourth-order valence-corrected chi connectivity index (χ4v) is 1.60. The van der Waals surface area contributed by atoms with Crippen molar-refractivity contribution in [3.05, 3.63) is 0 Å². The molecule has 1 aliphatic heterocycles. The number of piperidine rings is 1. The molecule has 0 aromatic heterocycles. The monoisotopic (exact) mass is 127 g/mol. The number of nitrogens with one attached hydrogen (secondary N) is 1. The molecule has 0 spiro atoms. The minimum atomic E-state index is 0.943. The molecule has 0 radical (unpaired) electrons.